The SMILES string of the molecule is CCN1CCN(CC(=O)N[C@H]2CC(C)(C)Cc3c2cnn3-c2ccc(C)cc2)CC1. The van der Waals surface area contributed by atoms with Crippen LogP contribution in [-0.2, 0) is 11.2 Å². The molecule has 0 bridgehead atoms. The van der Waals surface area contributed by atoms with Crippen molar-refractivity contribution in [1.29, 1.82) is 0 Å². The fourth-order valence-electron chi connectivity index (χ4n) is 4.79. The molecular weight excluding hydrogens is 374 g/mol. The van der Waals surface area contributed by atoms with Crippen LogP contribution in [0.3, 0.4) is 0 Å². The van der Waals surface area contributed by atoms with Crippen molar-refractivity contribution in [2.24, 2.45) is 5.41 Å². The van der Waals surface area contributed by atoms with Crippen molar-refractivity contribution < 1.29 is 4.79 Å². The third kappa shape index (κ3) is 4.60. The number of likely N-dealkylation sites (N-methyl/N-ethyl adjacent to an activating group) is 1. The number of hydrogen-bond donors (Lipinski definition) is 1. The Morgan fingerprint density at radius 2 is 1.80 bits per heavy atom. The normalized spacial score (nSPS) is 21.9. The number of nitrogens with zero attached hydrogens (tertiary/aromatic N) is 4. The summed E-state index contributed by atoms with van der Waals surface area (Å²) in [4.78, 5) is 17.6. The van der Waals surface area contributed by atoms with Crippen LogP contribution in [0.4, 0.5) is 0 Å². The Kier molecular flexibility index (Phi) is 5.98. The van der Waals surface area contributed by atoms with Gasteiger partial charge in [0.1, 0.15) is 0 Å². The zero-order valence-electron chi connectivity index (χ0n) is 18.8. The van der Waals surface area contributed by atoms with Gasteiger partial charge in [0.25, 0.3) is 0 Å². The molecule has 6 nitrogen and oxygen atoms in total. The highest BCUT2D eigenvalue weighted by atomic mass is 16.2. The molecule has 0 radical (unpaired) electrons. The summed E-state index contributed by atoms with van der Waals surface area (Å²) in [5.41, 5.74) is 4.82. The van der Waals surface area contributed by atoms with Gasteiger partial charge in [-0.2, -0.15) is 5.10 Å². The molecule has 1 saturated heterocycles. The Balaban J connectivity index is 1.48. The highest BCUT2D eigenvalue weighted by Gasteiger charge is 2.36. The van der Waals surface area contributed by atoms with Crippen molar-refractivity contribution in [2.75, 3.05) is 39.3 Å². The second-order valence-corrected chi connectivity index (χ2v) is 9.67. The van der Waals surface area contributed by atoms with Gasteiger partial charge in [0, 0.05) is 31.7 Å². The maximum atomic E-state index is 12.9. The van der Waals surface area contributed by atoms with E-state index in [1.54, 1.807) is 0 Å². The predicted molar refractivity (Wildman–Crippen MR) is 120 cm³/mol. The van der Waals surface area contributed by atoms with Gasteiger partial charge in [-0.25, -0.2) is 4.68 Å². The number of carbonyl (C=O) groups excluding carboxylic acids is 1. The molecule has 2 aliphatic rings. The second kappa shape index (κ2) is 8.52. The summed E-state index contributed by atoms with van der Waals surface area (Å²) in [6, 6.07) is 8.50. The second-order valence-electron chi connectivity index (χ2n) is 9.67. The minimum Gasteiger partial charge on any atom is -0.348 e. The highest BCUT2D eigenvalue weighted by molar-refractivity contribution is 5.78. The van der Waals surface area contributed by atoms with E-state index in [1.807, 2.05) is 6.20 Å². The molecule has 1 aromatic carbocycles. The first-order valence-corrected chi connectivity index (χ1v) is 11.2. The van der Waals surface area contributed by atoms with Crippen LogP contribution in [0.2, 0.25) is 0 Å². The third-order valence-electron chi connectivity index (χ3n) is 6.57. The Morgan fingerprint density at radius 1 is 1.13 bits per heavy atom. The molecule has 1 fully saturated rings. The van der Waals surface area contributed by atoms with Crippen molar-refractivity contribution in [3.8, 4) is 5.69 Å². The summed E-state index contributed by atoms with van der Waals surface area (Å²) in [6.45, 7) is 14.5. The molecule has 1 amide bonds. The van der Waals surface area contributed by atoms with Crippen molar-refractivity contribution in [2.45, 2.75) is 46.6 Å². The van der Waals surface area contributed by atoms with E-state index >= 15 is 0 Å². The van der Waals surface area contributed by atoms with Crippen LogP contribution >= 0.6 is 0 Å². The van der Waals surface area contributed by atoms with Gasteiger partial charge in [-0.15, -0.1) is 0 Å². The van der Waals surface area contributed by atoms with Crippen LogP contribution in [0, 0.1) is 12.3 Å². The van der Waals surface area contributed by atoms with Crippen LogP contribution in [-0.4, -0.2) is 64.8 Å². The van der Waals surface area contributed by atoms with E-state index in [0.717, 1.165) is 51.3 Å². The molecule has 2 aromatic rings. The lowest BCUT2D eigenvalue weighted by atomic mass is 9.74. The van der Waals surface area contributed by atoms with Gasteiger partial charge in [-0.05, 0) is 43.9 Å². The Hall–Kier alpha value is -2.18. The quantitative estimate of drug-likeness (QED) is 0.825. The summed E-state index contributed by atoms with van der Waals surface area (Å²) < 4.78 is 2.05. The number of carbonyl (C=O) groups is 1. The van der Waals surface area contributed by atoms with Gasteiger partial charge in [-0.3, -0.25) is 9.69 Å². The van der Waals surface area contributed by atoms with Gasteiger partial charge in [0.15, 0.2) is 0 Å². The molecule has 1 N–H and O–H groups in total. The summed E-state index contributed by atoms with van der Waals surface area (Å²) in [7, 11) is 0. The smallest absolute Gasteiger partial charge is 0.234 e. The minimum absolute atomic E-state index is 0.0207. The fourth-order valence-corrected chi connectivity index (χ4v) is 4.79. The van der Waals surface area contributed by atoms with Crippen LogP contribution in [0.25, 0.3) is 5.69 Å². The largest absolute Gasteiger partial charge is 0.348 e. The van der Waals surface area contributed by atoms with E-state index in [1.165, 1.54) is 16.8 Å². The van der Waals surface area contributed by atoms with Crippen LogP contribution in [0.5, 0.6) is 0 Å². The lowest BCUT2D eigenvalue weighted by Crippen LogP contribution is -2.50. The van der Waals surface area contributed by atoms with Crippen molar-refractivity contribution in [1.82, 2.24) is 24.9 Å². The molecule has 1 atom stereocenters. The standard InChI is InChI=1S/C24H35N5O/c1-5-27-10-12-28(13-11-27)17-23(30)26-21-14-24(3,4)15-22-20(21)16-25-29(22)19-8-6-18(2)7-9-19/h6-9,16,21H,5,10-15,17H2,1-4H3,(H,26,30)/t21-/m0/s1. The van der Waals surface area contributed by atoms with Crippen molar-refractivity contribution in [3.05, 3.63) is 47.3 Å². The predicted octanol–water partition coefficient (Wildman–Crippen LogP) is 2.95. The molecule has 1 aliphatic heterocycles. The number of aromatic nitrogens is 2. The highest BCUT2D eigenvalue weighted by Crippen LogP contribution is 2.41. The molecule has 30 heavy (non-hydrogen) atoms. The summed E-state index contributed by atoms with van der Waals surface area (Å²) in [5.74, 6) is 0.122. The third-order valence-corrected chi connectivity index (χ3v) is 6.57. The number of hydrogen-bond acceptors (Lipinski definition) is 4. The first-order chi connectivity index (χ1) is 14.3. The number of fused-ring (bicyclic) bond motifs is 1. The average Bonchev–Trinajstić information content (AvgIpc) is 3.12. The number of rotatable bonds is 5. The average molecular weight is 410 g/mol. The van der Waals surface area contributed by atoms with Crippen molar-refractivity contribution in [3.63, 3.8) is 0 Å². The molecule has 4 rings (SSSR count). The van der Waals surface area contributed by atoms with Crippen LogP contribution in [0.15, 0.2) is 30.5 Å². The Morgan fingerprint density at radius 3 is 2.47 bits per heavy atom. The number of benzene rings is 1. The van der Waals surface area contributed by atoms with E-state index in [4.69, 9.17) is 5.10 Å². The molecule has 0 spiro atoms. The molecule has 162 valence electrons. The molecule has 2 heterocycles. The summed E-state index contributed by atoms with van der Waals surface area (Å²) >= 11 is 0. The van der Waals surface area contributed by atoms with Crippen LogP contribution < -0.4 is 5.32 Å². The van der Waals surface area contributed by atoms with Crippen LogP contribution in [0.1, 0.15) is 50.1 Å². The zero-order valence-corrected chi connectivity index (χ0v) is 18.8. The van der Waals surface area contributed by atoms with E-state index in [2.05, 4.69) is 71.8 Å². The van der Waals surface area contributed by atoms with E-state index in [0.29, 0.717) is 6.54 Å². The molecule has 6 heteroatoms. The van der Waals surface area contributed by atoms with Gasteiger partial charge in [0.05, 0.1) is 30.2 Å². The van der Waals surface area contributed by atoms with Gasteiger partial charge >= 0.3 is 0 Å². The van der Waals surface area contributed by atoms with Crippen molar-refractivity contribution >= 4 is 5.91 Å². The van der Waals surface area contributed by atoms with Gasteiger partial charge < -0.3 is 10.2 Å². The molecular formula is C24H35N5O. The summed E-state index contributed by atoms with van der Waals surface area (Å²) in [6.07, 6.45) is 3.85. The Labute approximate surface area is 180 Å². The molecule has 0 saturated carbocycles. The maximum Gasteiger partial charge on any atom is 0.234 e. The zero-order chi connectivity index (χ0) is 21.3. The number of amides is 1. The van der Waals surface area contributed by atoms with E-state index in [9.17, 15) is 4.79 Å². The van der Waals surface area contributed by atoms with E-state index < -0.39 is 0 Å². The lowest BCUT2D eigenvalue weighted by Gasteiger charge is -2.37. The van der Waals surface area contributed by atoms with E-state index in [-0.39, 0.29) is 17.4 Å². The van der Waals surface area contributed by atoms with Gasteiger partial charge in [-0.1, -0.05) is 38.5 Å². The number of piperazine rings is 1. The lowest BCUT2D eigenvalue weighted by molar-refractivity contribution is -0.123. The minimum atomic E-state index is 0.0207. The maximum absolute atomic E-state index is 12.9. The molecule has 0 unspecified atom stereocenters. The van der Waals surface area contributed by atoms with Gasteiger partial charge in [0.2, 0.25) is 5.91 Å². The first kappa shape index (κ1) is 21.1. The topological polar surface area (TPSA) is 53.4 Å². The number of aryl methyl sites for hydroxylation is 1. The molecule has 1 aliphatic carbocycles. The fraction of sp³-hybridized carbons (Fsp3) is 0.583. The monoisotopic (exact) mass is 409 g/mol. The number of nitrogens with one attached hydrogen (secondary N) is 1. The summed E-state index contributed by atoms with van der Waals surface area (Å²) in [5, 5.41) is 8.03. The first-order valence-electron chi connectivity index (χ1n) is 11.2. The Bertz CT molecular complexity index is 878. The molecule has 1 aromatic heterocycles.